The van der Waals surface area contributed by atoms with E-state index in [0.717, 1.165) is 96.3 Å². The van der Waals surface area contributed by atoms with Gasteiger partial charge in [0.05, 0.1) is 0 Å². The molecule has 0 bridgehead atoms. The standard InChI is InChI=1S/C68H114O6/c1-4-7-10-13-16-19-22-25-27-28-29-30-31-32-33-34-35-36-37-38-39-40-41-44-46-49-52-55-58-61-67(70)73-64-65(63-72-66(69)60-57-54-51-48-45-42-24-21-18-15-12-9-6-3)74-68(71)62-59-56-53-50-47-43-26-23-20-17-14-11-8-5-2/h7,9-10,12,16,18-19,21,25,27,29-30,32-33,42,45,51,54,65H,4-6,8,11,13-15,17,20,22-24,26,28,31,34-41,43-44,46-50,52-53,55-64H2,1-3H3/b10-7-,12-9-,19-16-,21-18-,27-25-,30-29-,33-32-,45-42-,54-51-. The molecule has 0 aromatic rings. The van der Waals surface area contributed by atoms with Crippen LogP contribution >= 0.6 is 0 Å². The Bertz CT molecular complexity index is 1510. The Balaban J connectivity index is 4.26. The predicted molar refractivity (Wildman–Crippen MR) is 320 cm³/mol. The van der Waals surface area contributed by atoms with Crippen molar-refractivity contribution >= 4 is 17.9 Å². The Labute approximate surface area is 457 Å². The Kier molecular flexibility index (Phi) is 58.3. The lowest BCUT2D eigenvalue weighted by Crippen LogP contribution is -2.30. The Hall–Kier alpha value is -3.93. The van der Waals surface area contributed by atoms with Crippen LogP contribution in [0.2, 0.25) is 0 Å². The van der Waals surface area contributed by atoms with Crippen LogP contribution in [0.3, 0.4) is 0 Å². The zero-order valence-corrected chi connectivity index (χ0v) is 48.3. The normalized spacial score (nSPS) is 12.9. The van der Waals surface area contributed by atoms with Gasteiger partial charge in [-0.25, -0.2) is 0 Å². The Morgan fingerprint density at radius 1 is 0.284 bits per heavy atom. The van der Waals surface area contributed by atoms with Crippen LogP contribution < -0.4 is 0 Å². The minimum Gasteiger partial charge on any atom is -0.462 e. The highest BCUT2D eigenvalue weighted by Crippen LogP contribution is 2.16. The molecular formula is C68H114O6. The second-order valence-corrected chi connectivity index (χ2v) is 20.2. The zero-order valence-electron chi connectivity index (χ0n) is 48.3. The molecule has 0 spiro atoms. The topological polar surface area (TPSA) is 78.9 Å². The van der Waals surface area contributed by atoms with Gasteiger partial charge in [0.25, 0.3) is 0 Å². The summed E-state index contributed by atoms with van der Waals surface area (Å²) in [5.41, 5.74) is 0. The van der Waals surface area contributed by atoms with Crippen molar-refractivity contribution in [1.82, 2.24) is 0 Å². The lowest BCUT2D eigenvalue weighted by molar-refractivity contribution is -0.166. The molecule has 0 radical (unpaired) electrons. The average Bonchev–Trinajstić information content (AvgIpc) is 3.40. The summed E-state index contributed by atoms with van der Waals surface area (Å²) in [6, 6.07) is 0. The molecule has 6 nitrogen and oxygen atoms in total. The maximum Gasteiger partial charge on any atom is 0.306 e. The summed E-state index contributed by atoms with van der Waals surface area (Å²) in [7, 11) is 0. The van der Waals surface area contributed by atoms with Crippen molar-refractivity contribution < 1.29 is 28.6 Å². The average molecular weight is 1030 g/mol. The molecule has 0 heterocycles. The van der Waals surface area contributed by atoms with Gasteiger partial charge in [0.1, 0.15) is 13.2 Å². The maximum atomic E-state index is 12.9. The largest absolute Gasteiger partial charge is 0.462 e. The third-order valence-electron chi connectivity index (χ3n) is 13.0. The van der Waals surface area contributed by atoms with Crippen LogP contribution in [0.25, 0.3) is 0 Å². The second kappa shape index (κ2) is 61.6. The first-order valence-corrected chi connectivity index (χ1v) is 30.9. The quantitative estimate of drug-likeness (QED) is 0.0261. The van der Waals surface area contributed by atoms with E-state index in [0.29, 0.717) is 19.3 Å². The van der Waals surface area contributed by atoms with Crippen LogP contribution in [0, 0.1) is 0 Å². The lowest BCUT2D eigenvalue weighted by atomic mass is 10.0. The van der Waals surface area contributed by atoms with Gasteiger partial charge in [-0.3, -0.25) is 14.4 Å². The van der Waals surface area contributed by atoms with Crippen LogP contribution in [0.4, 0.5) is 0 Å². The molecule has 0 aromatic carbocycles. The van der Waals surface area contributed by atoms with E-state index in [1.54, 1.807) is 0 Å². The molecule has 0 amide bonds. The van der Waals surface area contributed by atoms with Crippen molar-refractivity contribution in [2.75, 3.05) is 13.2 Å². The summed E-state index contributed by atoms with van der Waals surface area (Å²) < 4.78 is 16.8. The molecule has 1 unspecified atom stereocenters. The zero-order chi connectivity index (χ0) is 53.6. The van der Waals surface area contributed by atoms with E-state index in [9.17, 15) is 14.4 Å². The predicted octanol–water partition coefficient (Wildman–Crippen LogP) is 21.0. The molecule has 0 saturated carbocycles. The third kappa shape index (κ3) is 59.0. The summed E-state index contributed by atoms with van der Waals surface area (Å²) in [6.45, 7) is 6.36. The number of carbonyl (C=O) groups is 3. The molecule has 6 heteroatoms. The van der Waals surface area contributed by atoms with Crippen molar-refractivity contribution in [2.45, 2.75) is 290 Å². The van der Waals surface area contributed by atoms with Gasteiger partial charge < -0.3 is 14.2 Å². The fraction of sp³-hybridized carbons (Fsp3) is 0.691. The third-order valence-corrected chi connectivity index (χ3v) is 13.0. The Morgan fingerprint density at radius 3 is 0.905 bits per heavy atom. The highest BCUT2D eigenvalue weighted by Gasteiger charge is 2.19. The van der Waals surface area contributed by atoms with E-state index in [1.165, 1.54) is 141 Å². The van der Waals surface area contributed by atoms with E-state index in [2.05, 4.69) is 124 Å². The summed E-state index contributed by atoms with van der Waals surface area (Å²) in [5, 5.41) is 0. The Morgan fingerprint density at radius 2 is 0.554 bits per heavy atom. The number of allylic oxidation sites excluding steroid dienone is 18. The highest BCUT2D eigenvalue weighted by molar-refractivity contribution is 5.71. The first kappa shape index (κ1) is 70.1. The summed E-state index contributed by atoms with van der Waals surface area (Å²) in [4.78, 5) is 38.1. The summed E-state index contributed by atoms with van der Waals surface area (Å²) in [5.74, 6) is -0.978. The van der Waals surface area contributed by atoms with E-state index in [-0.39, 0.29) is 37.5 Å². The van der Waals surface area contributed by atoms with E-state index < -0.39 is 6.10 Å². The molecule has 0 fully saturated rings. The number of esters is 3. The van der Waals surface area contributed by atoms with Crippen molar-refractivity contribution in [3.63, 3.8) is 0 Å². The number of carbonyl (C=O) groups excluding carboxylic acids is 3. The van der Waals surface area contributed by atoms with Gasteiger partial charge in [0.15, 0.2) is 6.10 Å². The maximum absolute atomic E-state index is 12.9. The van der Waals surface area contributed by atoms with Crippen molar-refractivity contribution in [2.24, 2.45) is 0 Å². The molecule has 0 aromatic heterocycles. The number of hydrogen-bond acceptors (Lipinski definition) is 6. The van der Waals surface area contributed by atoms with Crippen LogP contribution in [-0.2, 0) is 28.6 Å². The van der Waals surface area contributed by atoms with Crippen LogP contribution in [0.15, 0.2) is 109 Å². The molecule has 74 heavy (non-hydrogen) atoms. The molecule has 0 aliphatic heterocycles. The molecule has 0 aliphatic carbocycles. The number of ether oxygens (including phenoxy) is 3. The van der Waals surface area contributed by atoms with Crippen molar-refractivity contribution in [3.05, 3.63) is 109 Å². The van der Waals surface area contributed by atoms with Crippen LogP contribution in [0.1, 0.15) is 284 Å². The molecule has 0 N–H and O–H groups in total. The van der Waals surface area contributed by atoms with Crippen molar-refractivity contribution in [3.8, 4) is 0 Å². The van der Waals surface area contributed by atoms with Gasteiger partial charge >= 0.3 is 17.9 Å². The van der Waals surface area contributed by atoms with Gasteiger partial charge in [-0.15, -0.1) is 0 Å². The fourth-order valence-corrected chi connectivity index (χ4v) is 8.48. The summed E-state index contributed by atoms with van der Waals surface area (Å²) >= 11 is 0. The number of rotatable bonds is 55. The minimum absolute atomic E-state index is 0.0986. The lowest BCUT2D eigenvalue weighted by Gasteiger charge is -2.18. The second-order valence-electron chi connectivity index (χ2n) is 20.2. The highest BCUT2D eigenvalue weighted by atomic mass is 16.6. The first-order valence-electron chi connectivity index (χ1n) is 30.9. The van der Waals surface area contributed by atoms with Crippen LogP contribution in [-0.4, -0.2) is 37.2 Å². The first-order chi connectivity index (χ1) is 36.5. The number of hydrogen-bond donors (Lipinski definition) is 0. The van der Waals surface area contributed by atoms with Gasteiger partial charge in [-0.2, -0.15) is 0 Å². The fourth-order valence-electron chi connectivity index (χ4n) is 8.48. The molecule has 0 saturated heterocycles. The number of unbranched alkanes of at least 4 members (excludes halogenated alkanes) is 26. The van der Waals surface area contributed by atoms with E-state index in [1.807, 2.05) is 6.08 Å². The minimum atomic E-state index is -0.806. The molecule has 0 aliphatic rings. The molecule has 0 rings (SSSR count). The molecular weight excluding hydrogens is 913 g/mol. The monoisotopic (exact) mass is 1030 g/mol. The summed E-state index contributed by atoms with van der Waals surface area (Å²) in [6.07, 6.45) is 84.0. The van der Waals surface area contributed by atoms with Gasteiger partial charge in [0, 0.05) is 19.3 Å². The van der Waals surface area contributed by atoms with E-state index in [4.69, 9.17) is 14.2 Å². The SMILES string of the molecule is CC/C=C\C/C=C\C/C=C\C/C=C\C/C=C\CCCCCCCCCCCCCCCC(=O)OCC(COC(=O)CC/C=C\C/C=C\C/C=C\C/C=C\CC)OC(=O)CCCCCCCCCCCCCCCC. The van der Waals surface area contributed by atoms with Crippen molar-refractivity contribution in [1.29, 1.82) is 0 Å². The molecule has 1 atom stereocenters. The molecule has 422 valence electrons. The van der Waals surface area contributed by atoms with Crippen LogP contribution in [0.5, 0.6) is 0 Å². The van der Waals surface area contributed by atoms with Gasteiger partial charge in [-0.1, -0.05) is 284 Å². The van der Waals surface area contributed by atoms with E-state index >= 15 is 0 Å². The smallest absolute Gasteiger partial charge is 0.306 e. The van der Waals surface area contributed by atoms with Gasteiger partial charge in [0.2, 0.25) is 0 Å². The van der Waals surface area contributed by atoms with Gasteiger partial charge in [-0.05, 0) is 89.9 Å².